The van der Waals surface area contributed by atoms with E-state index >= 15 is 0 Å². The van der Waals surface area contributed by atoms with Gasteiger partial charge in [-0.05, 0) is 35.4 Å². The highest BCUT2D eigenvalue weighted by Gasteiger charge is 2.19. The highest BCUT2D eigenvalue weighted by Crippen LogP contribution is 2.36. The van der Waals surface area contributed by atoms with Crippen molar-refractivity contribution in [2.45, 2.75) is 0 Å². The first-order valence-electron chi connectivity index (χ1n) is 5.51. The minimum absolute atomic E-state index is 0.142. The number of rotatable bonds is 3. The summed E-state index contributed by atoms with van der Waals surface area (Å²) in [7, 11) is -8.73. The van der Waals surface area contributed by atoms with E-state index in [0.717, 1.165) is 0 Å². The molecule has 6 nitrogen and oxygen atoms in total. The molecule has 0 bridgehead atoms. The van der Waals surface area contributed by atoms with Gasteiger partial charge in [0.2, 0.25) is 0 Å². The van der Waals surface area contributed by atoms with Gasteiger partial charge < -0.3 is 19.6 Å². The van der Waals surface area contributed by atoms with Crippen molar-refractivity contribution >= 4 is 25.8 Å². The van der Waals surface area contributed by atoms with Gasteiger partial charge in [-0.1, -0.05) is 24.3 Å². The Bertz CT molecular complexity index is 667. The molecule has 2 aromatic carbocycles. The van der Waals surface area contributed by atoms with Gasteiger partial charge >= 0.3 is 15.2 Å². The van der Waals surface area contributed by atoms with Crippen LogP contribution in [0.3, 0.4) is 0 Å². The zero-order chi connectivity index (χ0) is 15.0. The summed E-state index contributed by atoms with van der Waals surface area (Å²) in [5.74, 6) is 0. The summed E-state index contributed by atoms with van der Waals surface area (Å²) in [6.07, 6.45) is 0. The molecule has 0 radical (unpaired) electrons. The van der Waals surface area contributed by atoms with Crippen LogP contribution in [0.1, 0.15) is 0 Å². The smallest absolute Gasteiger partial charge is 0.321 e. The Kier molecular flexibility index (Phi) is 3.98. The maximum absolute atomic E-state index is 11.2. The Labute approximate surface area is 115 Å². The summed E-state index contributed by atoms with van der Waals surface area (Å²) >= 11 is 0. The highest BCUT2D eigenvalue weighted by atomic mass is 31.2. The van der Waals surface area contributed by atoms with Crippen LogP contribution in [0.15, 0.2) is 48.5 Å². The molecule has 4 N–H and O–H groups in total. The molecule has 2 rings (SSSR count). The maximum atomic E-state index is 11.2. The van der Waals surface area contributed by atoms with Gasteiger partial charge in [0.15, 0.2) is 0 Å². The monoisotopic (exact) mass is 314 g/mol. The van der Waals surface area contributed by atoms with Crippen molar-refractivity contribution in [1.82, 2.24) is 0 Å². The number of hydrogen-bond acceptors (Lipinski definition) is 2. The quantitative estimate of drug-likeness (QED) is 0.627. The van der Waals surface area contributed by atoms with Gasteiger partial charge in [-0.15, -0.1) is 0 Å². The summed E-state index contributed by atoms with van der Waals surface area (Å²) in [5.41, 5.74) is 0.947. The lowest BCUT2D eigenvalue weighted by Gasteiger charge is -2.09. The molecule has 0 saturated heterocycles. The van der Waals surface area contributed by atoms with E-state index < -0.39 is 15.2 Å². The van der Waals surface area contributed by atoms with Crippen LogP contribution < -0.4 is 10.6 Å². The fourth-order valence-electron chi connectivity index (χ4n) is 1.73. The van der Waals surface area contributed by atoms with Crippen molar-refractivity contribution in [1.29, 1.82) is 0 Å². The molecule has 0 aliphatic heterocycles. The van der Waals surface area contributed by atoms with Crippen molar-refractivity contribution in [3.8, 4) is 11.1 Å². The molecule has 8 heteroatoms. The zero-order valence-electron chi connectivity index (χ0n) is 10.1. The van der Waals surface area contributed by atoms with E-state index in [1.165, 1.54) is 36.4 Å². The van der Waals surface area contributed by atoms with Crippen molar-refractivity contribution in [2.75, 3.05) is 0 Å². The molecule has 0 aromatic heterocycles. The Morgan fingerprint density at radius 2 is 1.00 bits per heavy atom. The van der Waals surface area contributed by atoms with Gasteiger partial charge in [0, 0.05) is 0 Å². The van der Waals surface area contributed by atoms with E-state index in [-0.39, 0.29) is 10.6 Å². The molecular weight excluding hydrogens is 302 g/mol. The SMILES string of the molecule is O=P(O)(O)c1cccc(-c2cccc(P(=O)(O)O)c2)c1. The second kappa shape index (κ2) is 5.26. The van der Waals surface area contributed by atoms with Gasteiger partial charge in [-0.25, -0.2) is 0 Å². The van der Waals surface area contributed by atoms with Gasteiger partial charge in [-0.2, -0.15) is 0 Å². The molecule has 0 spiro atoms. The predicted octanol–water partition coefficient (Wildman–Crippen LogP) is 0.960. The summed E-state index contributed by atoms with van der Waals surface area (Å²) < 4.78 is 22.4. The van der Waals surface area contributed by atoms with Crippen molar-refractivity contribution in [3.63, 3.8) is 0 Å². The fraction of sp³-hybridized carbons (Fsp3) is 0. The van der Waals surface area contributed by atoms with Crippen LogP contribution in [0.4, 0.5) is 0 Å². The molecule has 2 aromatic rings. The molecule has 0 atom stereocenters. The minimum atomic E-state index is -4.36. The molecule has 0 aliphatic carbocycles. The van der Waals surface area contributed by atoms with E-state index in [1.54, 1.807) is 12.1 Å². The lowest BCUT2D eigenvalue weighted by atomic mass is 10.1. The van der Waals surface area contributed by atoms with Crippen LogP contribution >= 0.6 is 15.2 Å². The summed E-state index contributed by atoms with van der Waals surface area (Å²) in [5, 5.41) is -0.284. The van der Waals surface area contributed by atoms with E-state index in [9.17, 15) is 9.13 Å². The van der Waals surface area contributed by atoms with Crippen LogP contribution in [0.25, 0.3) is 11.1 Å². The average molecular weight is 314 g/mol. The molecule has 20 heavy (non-hydrogen) atoms. The second-order valence-corrected chi connectivity index (χ2v) is 7.40. The lowest BCUT2D eigenvalue weighted by molar-refractivity contribution is 0.385. The van der Waals surface area contributed by atoms with Gasteiger partial charge in [-0.3, -0.25) is 9.13 Å². The van der Waals surface area contributed by atoms with Crippen LogP contribution in [0.5, 0.6) is 0 Å². The molecule has 106 valence electrons. The van der Waals surface area contributed by atoms with Gasteiger partial charge in [0.25, 0.3) is 0 Å². The minimum Gasteiger partial charge on any atom is -0.321 e. The lowest BCUT2D eigenvalue weighted by Crippen LogP contribution is -2.05. The van der Waals surface area contributed by atoms with Crippen LogP contribution in [-0.4, -0.2) is 19.6 Å². The van der Waals surface area contributed by atoms with Crippen LogP contribution in [-0.2, 0) is 9.13 Å². The van der Waals surface area contributed by atoms with Gasteiger partial charge in [0.05, 0.1) is 10.6 Å². The molecule has 0 saturated carbocycles. The van der Waals surface area contributed by atoms with E-state index in [2.05, 4.69) is 0 Å². The summed E-state index contributed by atoms with van der Waals surface area (Å²) in [4.78, 5) is 36.5. The Balaban J connectivity index is 2.53. The van der Waals surface area contributed by atoms with Gasteiger partial charge in [0.1, 0.15) is 0 Å². The van der Waals surface area contributed by atoms with Crippen molar-refractivity contribution in [2.24, 2.45) is 0 Å². The molecule has 0 amide bonds. The van der Waals surface area contributed by atoms with Crippen molar-refractivity contribution < 1.29 is 28.7 Å². The van der Waals surface area contributed by atoms with Crippen LogP contribution in [0, 0.1) is 0 Å². The zero-order valence-corrected chi connectivity index (χ0v) is 11.9. The first-order valence-corrected chi connectivity index (χ1v) is 8.73. The van der Waals surface area contributed by atoms with Crippen molar-refractivity contribution in [3.05, 3.63) is 48.5 Å². The average Bonchev–Trinajstić information content (AvgIpc) is 2.37. The molecule has 0 aliphatic rings. The topological polar surface area (TPSA) is 115 Å². The Morgan fingerprint density at radius 3 is 1.30 bits per heavy atom. The fourth-order valence-corrected chi connectivity index (χ4v) is 2.91. The summed E-state index contributed by atoms with van der Waals surface area (Å²) in [6.45, 7) is 0. The first-order chi connectivity index (χ1) is 9.18. The third-order valence-corrected chi connectivity index (χ3v) is 4.60. The molecule has 0 unspecified atom stereocenters. The normalized spacial score (nSPS) is 12.4. The molecule has 0 heterocycles. The Hall–Kier alpha value is -1.26. The number of hydrogen-bond donors (Lipinski definition) is 4. The maximum Gasteiger partial charge on any atom is 0.356 e. The molecule has 0 fully saturated rings. The van der Waals surface area contributed by atoms with Crippen LogP contribution in [0.2, 0.25) is 0 Å². The standard InChI is InChI=1S/C12H12O6P2/c13-19(14,15)11-5-1-3-9(7-11)10-4-2-6-12(8-10)20(16,17)18/h1-8H,(H2,13,14,15)(H2,16,17,18). The largest absolute Gasteiger partial charge is 0.356 e. The number of benzene rings is 2. The predicted molar refractivity (Wildman–Crippen MR) is 75.2 cm³/mol. The Morgan fingerprint density at radius 1 is 0.650 bits per heavy atom. The first kappa shape index (κ1) is 15.1. The van der Waals surface area contributed by atoms with E-state index in [4.69, 9.17) is 19.6 Å². The van der Waals surface area contributed by atoms with E-state index in [1.807, 2.05) is 0 Å². The third kappa shape index (κ3) is 3.44. The van der Waals surface area contributed by atoms with E-state index in [0.29, 0.717) is 11.1 Å². The third-order valence-electron chi connectivity index (χ3n) is 2.70. The summed E-state index contributed by atoms with van der Waals surface area (Å²) in [6, 6.07) is 11.4. The molecular formula is C12H12O6P2. The second-order valence-electron chi connectivity index (χ2n) is 4.19. The highest BCUT2D eigenvalue weighted by molar-refractivity contribution is 7.60.